The Morgan fingerprint density at radius 1 is 0.933 bits per heavy atom. The van der Waals surface area contributed by atoms with Gasteiger partial charge in [-0.2, -0.15) is 0 Å². The van der Waals surface area contributed by atoms with E-state index in [1.54, 1.807) is 7.11 Å². The van der Waals surface area contributed by atoms with Gasteiger partial charge < -0.3 is 14.2 Å². The molecule has 1 aliphatic carbocycles. The number of para-hydroxylation sites is 1. The van der Waals surface area contributed by atoms with Crippen molar-refractivity contribution in [3.63, 3.8) is 0 Å². The van der Waals surface area contributed by atoms with Gasteiger partial charge in [-0.05, 0) is 78.4 Å². The molecule has 2 heterocycles. The number of hydrogen-bond donors (Lipinski definition) is 0. The van der Waals surface area contributed by atoms with Gasteiger partial charge >= 0.3 is 0 Å². The molecule has 6 nitrogen and oxygen atoms in total. The largest absolute Gasteiger partial charge is 0.496 e. The van der Waals surface area contributed by atoms with Crippen LogP contribution >= 0.6 is 22.9 Å². The first-order valence-electron chi connectivity index (χ1n) is 14.9. The number of thiazole rings is 1. The first kappa shape index (κ1) is 29.1. The van der Waals surface area contributed by atoms with E-state index in [2.05, 4.69) is 24.3 Å². The Bertz CT molecular complexity index is 2110. The van der Waals surface area contributed by atoms with Crippen molar-refractivity contribution in [1.82, 2.24) is 4.57 Å². The molecule has 7 rings (SSSR count). The lowest BCUT2D eigenvalue weighted by atomic mass is 9.83. The Kier molecular flexibility index (Phi) is 8.04. The number of fused-ring (bicyclic) bond motifs is 3. The molecule has 1 unspecified atom stereocenters. The summed E-state index contributed by atoms with van der Waals surface area (Å²) in [5.41, 5.74) is 7.22. The molecular formula is C37H31ClN2O4S. The minimum atomic E-state index is -0.314. The van der Waals surface area contributed by atoms with Crippen LogP contribution in [0.4, 0.5) is 0 Å². The summed E-state index contributed by atoms with van der Waals surface area (Å²) in [5.74, 6) is 2.00. The summed E-state index contributed by atoms with van der Waals surface area (Å²) in [6.07, 6.45) is 3.62. The standard InChI is InChI=1S/C37H31ClN2O4S/c1-3-43-32-20-24(14-19-31(32)44-22-23-12-16-26(38)17-13-23)21-33-36(41)40-35(28-10-6-7-11-30(28)42-2)29-18-15-25-8-4-5-9-27(25)34(29)39-37(40)45-33/h4-14,16-17,19-21,35H,3,15,18,22H2,1-2H3/b33-21-. The number of aromatic nitrogens is 1. The zero-order valence-corrected chi connectivity index (χ0v) is 26.5. The number of nitrogens with zero attached hydrogens (tertiary/aromatic N) is 2. The molecule has 45 heavy (non-hydrogen) atoms. The average molecular weight is 635 g/mol. The van der Waals surface area contributed by atoms with Crippen molar-refractivity contribution < 1.29 is 14.2 Å². The molecule has 5 aromatic rings. The number of halogens is 1. The predicted octanol–water partition coefficient (Wildman–Crippen LogP) is 6.96. The van der Waals surface area contributed by atoms with E-state index in [4.69, 9.17) is 30.8 Å². The molecule has 226 valence electrons. The second-order valence-electron chi connectivity index (χ2n) is 10.9. The van der Waals surface area contributed by atoms with Gasteiger partial charge in [-0.3, -0.25) is 9.36 Å². The zero-order valence-electron chi connectivity index (χ0n) is 25.0. The van der Waals surface area contributed by atoms with E-state index in [0.29, 0.717) is 39.1 Å². The van der Waals surface area contributed by atoms with E-state index < -0.39 is 0 Å². The van der Waals surface area contributed by atoms with Gasteiger partial charge in [-0.1, -0.05) is 83.6 Å². The molecule has 0 saturated heterocycles. The van der Waals surface area contributed by atoms with Gasteiger partial charge in [0, 0.05) is 16.1 Å². The normalized spacial score (nSPS) is 15.5. The SMILES string of the molecule is CCOc1cc(/C=c2\sc3n(c2=O)C(c2ccccc2OC)C2=C(N=3)c3ccccc3CC2)ccc1OCc1ccc(Cl)cc1. The maximum atomic E-state index is 14.2. The summed E-state index contributed by atoms with van der Waals surface area (Å²) < 4.78 is 20.3. The van der Waals surface area contributed by atoms with Crippen molar-refractivity contribution >= 4 is 34.7 Å². The van der Waals surface area contributed by atoms with Crippen LogP contribution in [0.15, 0.2) is 106 Å². The lowest BCUT2D eigenvalue weighted by molar-refractivity contribution is 0.269. The lowest BCUT2D eigenvalue weighted by Crippen LogP contribution is -2.39. The number of methoxy groups -OCH3 is 1. The molecule has 8 heteroatoms. The molecule has 4 aromatic carbocycles. The second-order valence-corrected chi connectivity index (χ2v) is 12.4. The molecule has 0 fully saturated rings. The Balaban J connectivity index is 1.32. The van der Waals surface area contributed by atoms with Crippen LogP contribution in [0.5, 0.6) is 17.2 Å². The van der Waals surface area contributed by atoms with Gasteiger partial charge in [0.1, 0.15) is 12.4 Å². The molecule has 2 aliphatic rings. The van der Waals surface area contributed by atoms with E-state index in [9.17, 15) is 4.79 Å². The summed E-state index contributed by atoms with van der Waals surface area (Å²) in [6.45, 7) is 2.80. The summed E-state index contributed by atoms with van der Waals surface area (Å²) in [6, 6.07) is 29.4. The van der Waals surface area contributed by atoms with Crippen LogP contribution in [0.3, 0.4) is 0 Å². The van der Waals surface area contributed by atoms with Crippen molar-refractivity contribution in [2.24, 2.45) is 4.99 Å². The monoisotopic (exact) mass is 634 g/mol. The average Bonchev–Trinajstić information content (AvgIpc) is 3.38. The fraction of sp³-hybridized carbons (Fsp3) is 0.189. The molecule has 1 aromatic heterocycles. The molecule has 0 amide bonds. The molecule has 1 aliphatic heterocycles. The van der Waals surface area contributed by atoms with Gasteiger partial charge in [0.05, 0.1) is 30.0 Å². The number of ether oxygens (including phenoxy) is 3. The maximum Gasteiger partial charge on any atom is 0.271 e. The highest BCUT2D eigenvalue weighted by atomic mass is 35.5. The maximum absolute atomic E-state index is 14.2. The molecule has 1 atom stereocenters. The number of hydrogen-bond acceptors (Lipinski definition) is 6. The predicted molar refractivity (Wildman–Crippen MR) is 179 cm³/mol. The van der Waals surface area contributed by atoms with Crippen molar-refractivity contribution in [3.8, 4) is 17.2 Å². The van der Waals surface area contributed by atoms with Gasteiger partial charge in [0.25, 0.3) is 5.56 Å². The summed E-state index contributed by atoms with van der Waals surface area (Å²) >= 11 is 7.43. The van der Waals surface area contributed by atoms with Crippen LogP contribution in [0.1, 0.15) is 47.2 Å². The Morgan fingerprint density at radius 3 is 2.56 bits per heavy atom. The quantitative estimate of drug-likeness (QED) is 0.185. The van der Waals surface area contributed by atoms with Gasteiger partial charge in [-0.15, -0.1) is 0 Å². The summed E-state index contributed by atoms with van der Waals surface area (Å²) in [4.78, 5) is 20.0. The Labute approximate surface area is 270 Å². The Hall–Kier alpha value is -4.59. The van der Waals surface area contributed by atoms with Crippen LogP contribution in [0.25, 0.3) is 11.8 Å². The minimum absolute atomic E-state index is 0.0823. The van der Waals surface area contributed by atoms with E-state index in [0.717, 1.165) is 52.1 Å². The van der Waals surface area contributed by atoms with Crippen LogP contribution in [-0.2, 0) is 13.0 Å². The molecular weight excluding hydrogens is 604 g/mol. The van der Waals surface area contributed by atoms with Crippen molar-refractivity contribution in [2.75, 3.05) is 13.7 Å². The third-order valence-electron chi connectivity index (χ3n) is 8.18. The molecule has 0 saturated carbocycles. The minimum Gasteiger partial charge on any atom is -0.496 e. The van der Waals surface area contributed by atoms with Crippen LogP contribution in [0, 0.1) is 0 Å². The first-order chi connectivity index (χ1) is 22.0. The van der Waals surface area contributed by atoms with Crippen LogP contribution in [0.2, 0.25) is 5.02 Å². The number of aryl methyl sites for hydroxylation is 1. The topological polar surface area (TPSA) is 62.0 Å². The van der Waals surface area contributed by atoms with Gasteiger partial charge in [0.2, 0.25) is 0 Å². The molecule has 0 N–H and O–H groups in total. The first-order valence-corrected chi connectivity index (χ1v) is 16.1. The lowest BCUT2D eigenvalue weighted by Gasteiger charge is -2.31. The van der Waals surface area contributed by atoms with E-state index in [1.807, 2.05) is 84.3 Å². The molecule has 0 bridgehead atoms. The van der Waals surface area contributed by atoms with E-state index in [-0.39, 0.29) is 11.6 Å². The van der Waals surface area contributed by atoms with Gasteiger partial charge in [0.15, 0.2) is 16.3 Å². The van der Waals surface area contributed by atoms with Crippen molar-refractivity contribution in [3.05, 3.63) is 149 Å². The third-order valence-corrected chi connectivity index (χ3v) is 9.41. The zero-order chi connectivity index (χ0) is 30.9. The van der Waals surface area contributed by atoms with Crippen molar-refractivity contribution in [2.45, 2.75) is 32.4 Å². The fourth-order valence-electron chi connectivity index (χ4n) is 6.09. The highest BCUT2D eigenvalue weighted by Crippen LogP contribution is 2.43. The summed E-state index contributed by atoms with van der Waals surface area (Å²) in [7, 11) is 1.67. The number of rotatable bonds is 8. The Morgan fingerprint density at radius 2 is 1.73 bits per heavy atom. The smallest absolute Gasteiger partial charge is 0.271 e. The van der Waals surface area contributed by atoms with E-state index in [1.165, 1.54) is 16.9 Å². The number of allylic oxidation sites excluding steroid dienone is 1. The van der Waals surface area contributed by atoms with E-state index >= 15 is 0 Å². The fourth-order valence-corrected chi connectivity index (χ4v) is 7.21. The number of benzene rings is 4. The summed E-state index contributed by atoms with van der Waals surface area (Å²) in [5, 5.41) is 0.683. The highest BCUT2D eigenvalue weighted by molar-refractivity contribution is 7.07. The highest BCUT2D eigenvalue weighted by Gasteiger charge is 2.34. The molecule has 0 radical (unpaired) electrons. The molecule has 0 spiro atoms. The van der Waals surface area contributed by atoms with Crippen LogP contribution < -0.4 is 29.1 Å². The van der Waals surface area contributed by atoms with Crippen LogP contribution in [-0.4, -0.2) is 18.3 Å². The third kappa shape index (κ3) is 5.58. The second kappa shape index (κ2) is 12.4. The van der Waals surface area contributed by atoms with Gasteiger partial charge in [-0.25, -0.2) is 4.99 Å². The van der Waals surface area contributed by atoms with Crippen molar-refractivity contribution in [1.29, 1.82) is 0 Å².